The van der Waals surface area contributed by atoms with Gasteiger partial charge in [0.25, 0.3) is 0 Å². The van der Waals surface area contributed by atoms with Gasteiger partial charge in [0, 0.05) is 6.42 Å². The molecular formula is C21H36O3. The Hall–Kier alpha value is -1.38. The fourth-order valence-corrected chi connectivity index (χ4v) is 2.58. The molecule has 0 amide bonds. The zero-order valence-corrected chi connectivity index (χ0v) is 16.3. The van der Waals surface area contributed by atoms with Gasteiger partial charge in [-0.2, -0.15) is 0 Å². The summed E-state index contributed by atoms with van der Waals surface area (Å²) in [5, 5.41) is 0. The minimum Gasteiger partial charge on any atom is -0.465 e. The van der Waals surface area contributed by atoms with Gasteiger partial charge >= 0.3 is 5.97 Å². The SMILES string of the molecule is CCCCCC(C(=O)CC/C=C(\C)CCC=C(C)C)C(=O)OCC. The lowest BCUT2D eigenvalue weighted by atomic mass is 9.93. The first-order chi connectivity index (χ1) is 11.4. The van der Waals surface area contributed by atoms with E-state index in [1.54, 1.807) is 6.92 Å². The van der Waals surface area contributed by atoms with E-state index in [9.17, 15) is 9.59 Å². The van der Waals surface area contributed by atoms with E-state index in [0.717, 1.165) is 32.1 Å². The van der Waals surface area contributed by atoms with Crippen molar-refractivity contribution in [2.24, 2.45) is 5.92 Å². The molecule has 1 atom stereocenters. The van der Waals surface area contributed by atoms with Gasteiger partial charge in [-0.15, -0.1) is 0 Å². The lowest BCUT2D eigenvalue weighted by Crippen LogP contribution is -2.26. The summed E-state index contributed by atoms with van der Waals surface area (Å²) in [5.41, 5.74) is 2.64. The number of hydrogen-bond donors (Lipinski definition) is 0. The van der Waals surface area contributed by atoms with E-state index >= 15 is 0 Å². The van der Waals surface area contributed by atoms with Gasteiger partial charge in [0.05, 0.1) is 6.61 Å². The van der Waals surface area contributed by atoms with Gasteiger partial charge in [0.2, 0.25) is 0 Å². The molecule has 0 saturated carbocycles. The molecule has 3 nitrogen and oxygen atoms in total. The van der Waals surface area contributed by atoms with Crippen LogP contribution in [0.25, 0.3) is 0 Å². The van der Waals surface area contributed by atoms with Gasteiger partial charge in [-0.25, -0.2) is 0 Å². The Labute approximate surface area is 148 Å². The second kappa shape index (κ2) is 14.0. The average Bonchev–Trinajstić information content (AvgIpc) is 2.51. The number of ether oxygens (including phenoxy) is 1. The topological polar surface area (TPSA) is 43.4 Å². The Kier molecular flexibility index (Phi) is 13.2. The van der Waals surface area contributed by atoms with E-state index < -0.39 is 5.92 Å². The number of allylic oxidation sites excluding steroid dienone is 4. The highest BCUT2D eigenvalue weighted by Crippen LogP contribution is 2.17. The molecule has 0 radical (unpaired) electrons. The van der Waals surface area contributed by atoms with Crippen LogP contribution in [-0.4, -0.2) is 18.4 Å². The molecular weight excluding hydrogens is 300 g/mol. The van der Waals surface area contributed by atoms with Crippen molar-refractivity contribution in [2.45, 2.75) is 86.0 Å². The van der Waals surface area contributed by atoms with Gasteiger partial charge in [0.15, 0.2) is 0 Å². The van der Waals surface area contributed by atoms with Gasteiger partial charge in [0.1, 0.15) is 11.7 Å². The largest absolute Gasteiger partial charge is 0.465 e. The molecule has 0 saturated heterocycles. The Morgan fingerprint density at radius 2 is 1.62 bits per heavy atom. The van der Waals surface area contributed by atoms with E-state index in [-0.39, 0.29) is 11.8 Å². The van der Waals surface area contributed by atoms with Crippen LogP contribution in [0.2, 0.25) is 0 Å². The third kappa shape index (κ3) is 11.2. The standard InChI is InChI=1S/C21H36O3/c1-6-8-9-15-19(21(23)24-7-2)20(22)16-11-14-18(5)13-10-12-17(3)4/h12,14,19H,6-11,13,15-16H2,1-5H3/b18-14+. The molecule has 0 aliphatic carbocycles. The van der Waals surface area contributed by atoms with Crippen molar-refractivity contribution in [1.82, 2.24) is 0 Å². The lowest BCUT2D eigenvalue weighted by Gasteiger charge is -2.14. The van der Waals surface area contributed by atoms with Crippen molar-refractivity contribution in [3.05, 3.63) is 23.3 Å². The van der Waals surface area contributed by atoms with E-state index in [4.69, 9.17) is 4.74 Å². The summed E-state index contributed by atoms with van der Waals surface area (Å²) in [5.74, 6) is -0.892. The maximum Gasteiger partial charge on any atom is 0.316 e. The summed E-state index contributed by atoms with van der Waals surface area (Å²) in [6.07, 6.45) is 11.2. The number of unbranched alkanes of at least 4 members (excludes halogenated alkanes) is 2. The third-order valence-electron chi connectivity index (χ3n) is 4.03. The van der Waals surface area contributed by atoms with Crippen LogP contribution in [0.5, 0.6) is 0 Å². The van der Waals surface area contributed by atoms with Crippen LogP contribution in [0, 0.1) is 5.92 Å². The average molecular weight is 337 g/mol. The smallest absolute Gasteiger partial charge is 0.316 e. The zero-order valence-electron chi connectivity index (χ0n) is 16.3. The van der Waals surface area contributed by atoms with Crippen LogP contribution in [0.3, 0.4) is 0 Å². The first-order valence-electron chi connectivity index (χ1n) is 9.40. The van der Waals surface area contributed by atoms with Crippen molar-refractivity contribution in [2.75, 3.05) is 6.61 Å². The molecule has 0 aromatic rings. The quantitative estimate of drug-likeness (QED) is 0.185. The van der Waals surface area contributed by atoms with Crippen molar-refractivity contribution >= 4 is 11.8 Å². The predicted molar refractivity (Wildman–Crippen MR) is 101 cm³/mol. The molecule has 0 rings (SSSR count). The minimum absolute atomic E-state index is 0.0258. The summed E-state index contributed by atoms with van der Waals surface area (Å²) in [7, 11) is 0. The van der Waals surface area contributed by atoms with E-state index in [1.807, 2.05) is 0 Å². The fraction of sp³-hybridized carbons (Fsp3) is 0.714. The van der Waals surface area contributed by atoms with E-state index in [1.165, 1.54) is 11.1 Å². The number of rotatable bonds is 13. The number of Topliss-reactive ketones (excluding diaryl/α,β-unsaturated/α-hetero) is 1. The van der Waals surface area contributed by atoms with Crippen LogP contribution in [0.4, 0.5) is 0 Å². The normalized spacial score (nSPS) is 12.6. The summed E-state index contributed by atoms with van der Waals surface area (Å²) >= 11 is 0. The molecule has 0 N–H and O–H groups in total. The summed E-state index contributed by atoms with van der Waals surface area (Å²) in [6.45, 7) is 10.5. The molecule has 0 aliphatic heterocycles. The number of esters is 1. The number of carbonyl (C=O) groups excluding carboxylic acids is 2. The Balaban J connectivity index is 4.42. The number of ketones is 1. The molecule has 0 heterocycles. The minimum atomic E-state index is -0.573. The number of carbonyl (C=O) groups is 2. The molecule has 0 fully saturated rings. The second-order valence-corrected chi connectivity index (χ2v) is 6.68. The monoisotopic (exact) mass is 336 g/mol. The lowest BCUT2D eigenvalue weighted by molar-refractivity contribution is -0.151. The summed E-state index contributed by atoms with van der Waals surface area (Å²) < 4.78 is 5.08. The van der Waals surface area contributed by atoms with Gasteiger partial charge < -0.3 is 4.74 Å². The van der Waals surface area contributed by atoms with E-state index in [0.29, 0.717) is 25.9 Å². The molecule has 138 valence electrons. The van der Waals surface area contributed by atoms with Crippen LogP contribution in [-0.2, 0) is 14.3 Å². The first kappa shape index (κ1) is 22.6. The summed E-state index contributed by atoms with van der Waals surface area (Å²) in [6, 6.07) is 0. The van der Waals surface area contributed by atoms with Crippen LogP contribution in [0.15, 0.2) is 23.3 Å². The molecule has 0 bridgehead atoms. The predicted octanol–water partition coefficient (Wildman–Crippen LogP) is 5.79. The molecule has 24 heavy (non-hydrogen) atoms. The highest BCUT2D eigenvalue weighted by atomic mass is 16.5. The van der Waals surface area contributed by atoms with Crippen molar-refractivity contribution < 1.29 is 14.3 Å². The molecule has 1 unspecified atom stereocenters. The maximum absolute atomic E-state index is 12.4. The zero-order chi connectivity index (χ0) is 18.4. The molecule has 0 aliphatic rings. The molecule has 0 aromatic carbocycles. The highest BCUT2D eigenvalue weighted by Gasteiger charge is 2.26. The molecule has 3 heteroatoms. The number of hydrogen-bond acceptors (Lipinski definition) is 3. The Morgan fingerprint density at radius 3 is 2.21 bits per heavy atom. The van der Waals surface area contributed by atoms with Gasteiger partial charge in [-0.05, 0) is 53.4 Å². The first-order valence-corrected chi connectivity index (χ1v) is 9.40. The fourth-order valence-electron chi connectivity index (χ4n) is 2.58. The van der Waals surface area contributed by atoms with Crippen molar-refractivity contribution in [3.63, 3.8) is 0 Å². The third-order valence-corrected chi connectivity index (χ3v) is 4.03. The Bertz CT molecular complexity index is 428. The molecule has 0 aromatic heterocycles. The van der Waals surface area contributed by atoms with Crippen molar-refractivity contribution in [3.8, 4) is 0 Å². The second-order valence-electron chi connectivity index (χ2n) is 6.68. The van der Waals surface area contributed by atoms with E-state index in [2.05, 4.69) is 39.8 Å². The maximum atomic E-state index is 12.4. The van der Waals surface area contributed by atoms with Gasteiger partial charge in [-0.3, -0.25) is 9.59 Å². The van der Waals surface area contributed by atoms with Crippen LogP contribution in [0.1, 0.15) is 86.0 Å². The molecule has 0 spiro atoms. The summed E-state index contributed by atoms with van der Waals surface area (Å²) in [4.78, 5) is 24.4. The van der Waals surface area contributed by atoms with Crippen LogP contribution >= 0.6 is 0 Å². The van der Waals surface area contributed by atoms with Crippen LogP contribution < -0.4 is 0 Å². The highest BCUT2D eigenvalue weighted by molar-refractivity contribution is 5.99. The van der Waals surface area contributed by atoms with Crippen molar-refractivity contribution in [1.29, 1.82) is 0 Å². The Morgan fingerprint density at radius 1 is 0.958 bits per heavy atom. The van der Waals surface area contributed by atoms with Gasteiger partial charge in [-0.1, -0.05) is 49.5 Å².